The second-order valence-corrected chi connectivity index (χ2v) is 7.82. The average Bonchev–Trinajstić information content (AvgIpc) is 3.28. The predicted molar refractivity (Wildman–Crippen MR) is 132 cm³/mol. The van der Waals surface area contributed by atoms with Crippen LogP contribution in [0.4, 0.5) is 0 Å². The molecule has 6 nitrogen and oxygen atoms in total. The van der Waals surface area contributed by atoms with Gasteiger partial charge in [0, 0.05) is 26.7 Å². The largest absolute Gasteiger partial charge is 0.497 e. The van der Waals surface area contributed by atoms with Crippen LogP contribution in [0.3, 0.4) is 0 Å². The number of halogens is 1. The molecule has 0 aromatic heterocycles. The summed E-state index contributed by atoms with van der Waals surface area (Å²) in [6, 6.07) is 8.80. The summed E-state index contributed by atoms with van der Waals surface area (Å²) in [4.78, 5) is 9.55. The second-order valence-electron chi connectivity index (χ2n) is 7.82. The Balaban J connectivity index is 0.00000300. The molecule has 2 aliphatic heterocycles. The number of likely N-dealkylation sites (tertiary alicyclic amines) is 2. The van der Waals surface area contributed by atoms with E-state index in [1.165, 1.54) is 50.8 Å². The quantitative estimate of drug-likeness (QED) is 0.317. The fourth-order valence-electron chi connectivity index (χ4n) is 4.29. The number of hydrogen-bond donors (Lipinski definition) is 2. The Kier molecular flexibility index (Phi) is 11.1. The van der Waals surface area contributed by atoms with Crippen LogP contribution in [-0.2, 0) is 0 Å². The van der Waals surface area contributed by atoms with Gasteiger partial charge in [0.05, 0.1) is 13.2 Å². The lowest BCUT2D eigenvalue weighted by Gasteiger charge is -2.29. The van der Waals surface area contributed by atoms with Gasteiger partial charge in [0.1, 0.15) is 5.75 Å². The molecule has 2 heterocycles. The molecule has 3 rings (SSSR count). The lowest BCUT2D eigenvalue weighted by molar-refractivity contribution is 0.231. The van der Waals surface area contributed by atoms with Crippen molar-refractivity contribution in [2.45, 2.75) is 38.1 Å². The van der Waals surface area contributed by atoms with Gasteiger partial charge in [-0.25, -0.2) is 0 Å². The van der Waals surface area contributed by atoms with Gasteiger partial charge in [-0.2, -0.15) is 0 Å². The van der Waals surface area contributed by atoms with Crippen molar-refractivity contribution in [1.29, 1.82) is 0 Å². The standard InChI is InChI=1S/C22H37N5O.HI/c1-23-22(24-11-16-26-12-4-3-5-13-26)25-18-21(27-14-6-7-15-27)19-9-8-10-20(17-19)28-2;/h8-10,17,21H,3-7,11-16,18H2,1-2H3,(H2,23,24,25);1H. The number of benzene rings is 1. The first-order chi connectivity index (χ1) is 13.8. The number of ether oxygens (including phenoxy) is 1. The molecule has 0 aliphatic carbocycles. The second kappa shape index (κ2) is 13.3. The zero-order valence-electron chi connectivity index (χ0n) is 18.0. The van der Waals surface area contributed by atoms with E-state index in [9.17, 15) is 0 Å². The highest BCUT2D eigenvalue weighted by atomic mass is 127. The third-order valence-electron chi connectivity index (χ3n) is 5.92. The summed E-state index contributed by atoms with van der Waals surface area (Å²) >= 11 is 0. The minimum absolute atomic E-state index is 0. The highest BCUT2D eigenvalue weighted by Crippen LogP contribution is 2.27. The van der Waals surface area contributed by atoms with Crippen molar-refractivity contribution < 1.29 is 4.74 Å². The molecule has 7 heteroatoms. The van der Waals surface area contributed by atoms with Crippen LogP contribution in [0.15, 0.2) is 29.3 Å². The Bertz CT molecular complexity index is 615. The van der Waals surface area contributed by atoms with Gasteiger partial charge in [-0.05, 0) is 69.6 Å². The summed E-state index contributed by atoms with van der Waals surface area (Å²) in [5.74, 6) is 1.81. The van der Waals surface area contributed by atoms with Crippen LogP contribution in [0.5, 0.6) is 5.75 Å². The molecule has 2 aliphatic rings. The number of methoxy groups -OCH3 is 1. The van der Waals surface area contributed by atoms with E-state index in [1.807, 2.05) is 13.1 Å². The molecule has 1 aromatic rings. The van der Waals surface area contributed by atoms with Gasteiger partial charge >= 0.3 is 0 Å². The van der Waals surface area contributed by atoms with Gasteiger partial charge in [-0.15, -0.1) is 24.0 Å². The van der Waals surface area contributed by atoms with Crippen molar-refractivity contribution in [3.05, 3.63) is 29.8 Å². The third-order valence-corrected chi connectivity index (χ3v) is 5.92. The number of hydrogen-bond acceptors (Lipinski definition) is 4. The molecule has 2 saturated heterocycles. The van der Waals surface area contributed by atoms with Crippen LogP contribution < -0.4 is 15.4 Å². The van der Waals surface area contributed by atoms with E-state index in [0.717, 1.165) is 44.4 Å². The molecule has 2 fully saturated rings. The molecule has 0 amide bonds. The summed E-state index contributed by atoms with van der Waals surface area (Å²) in [7, 11) is 3.59. The molecule has 29 heavy (non-hydrogen) atoms. The summed E-state index contributed by atoms with van der Waals surface area (Å²) in [6.45, 7) is 7.66. The molecule has 0 saturated carbocycles. The molecular formula is C22H38IN5O. The van der Waals surface area contributed by atoms with E-state index in [0.29, 0.717) is 6.04 Å². The maximum absolute atomic E-state index is 5.45. The first-order valence-corrected chi connectivity index (χ1v) is 10.8. The highest BCUT2D eigenvalue weighted by molar-refractivity contribution is 14.0. The topological polar surface area (TPSA) is 52.1 Å². The monoisotopic (exact) mass is 515 g/mol. The fourth-order valence-corrected chi connectivity index (χ4v) is 4.29. The van der Waals surface area contributed by atoms with Gasteiger partial charge in [-0.3, -0.25) is 9.89 Å². The van der Waals surface area contributed by atoms with E-state index < -0.39 is 0 Å². The lowest BCUT2D eigenvalue weighted by Crippen LogP contribution is -2.45. The Hall–Kier alpha value is -1.06. The number of rotatable bonds is 8. The molecule has 1 atom stereocenters. The SMILES string of the molecule is CN=C(NCCN1CCCCC1)NCC(c1cccc(OC)c1)N1CCCC1.I. The molecule has 0 bridgehead atoms. The summed E-state index contributed by atoms with van der Waals surface area (Å²) in [6.07, 6.45) is 6.62. The van der Waals surface area contributed by atoms with Crippen molar-refractivity contribution in [3.8, 4) is 5.75 Å². The molecular weight excluding hydrogens is 477 g/mol. The van der Waals surface area contributed by atoms with Gasteiger partial charge in [0.15, 0.2) is 5.96 Å². The average molecular weight is 515 g/mol. The third kappa shape index (κ3) is 7.61. The van der Waals surface area contributed by atoms with E-state index in [1.54, 1.807) is 7.11 Å². The zero-order chi connectivity index (χ0) is 19.6. The Morgan fingerprint density at radius 3 is 2.48 bits per heavy atom. The molecule has 1 aromatic carbocycles. The number of nitrogens with zero attached hydrogens (tertiary/aromatic N) is 3. The summed E-state index contributed by atoms with van der Waals surface area (Å²) < 4.78 is 5.45. The maximum atomic E-state index is 5.45. The number of piperidine rings is 1. The minimum Gasteiger partial charge on any atom is -0.497 e. The number of aliphatic imine (C=N–C) groups is 1. The van der Waals surface area contributed by atoms with E-state index in [2.05, 4.69) is 43.6 Å². The molecule has 1 unspecified atom stereocenters. The number of guanidine groups is 1. The van der Waals surface area contributed by atoms with Crippen molar-refractivity contribution >= 4 is 29.9 Å². The Labute approximate surface area is 193 Å². The van der Waals surface area contributed by atoms with Crippen LogP contribution in [0, 0.1) is 0 Å². The van der Waals surface area contributed by atoms with E-state index >= 15 is 0 Å². The van der Waals surface area contributed by atoms with Crippen molar-refractivity contribution in [3.63, 3.8) is 0 Å². The van der Waals surface area contributed by atoms with Crippen LogP contribution in [-0.4, -0.2) is 75.7 Å². The normalized spacial score (nSPS) is 19.4. The minimum atomic E-state index is 0. The van der Waals surface area contributed by atoms with Gasteiger partial charge in [0.25, 0.3) is 0 Å². The van der Waals surface area contributed by atoms with Gasteiger partial charge < -0.3 is 20.3 Å². The number of nitrogens with one attached hydrogen (secondary N) is 2. The Morgan fingerprint density at radius 1 is 1.07 bits per heavy atom. The maximum Gasteiger partial charge on any atom is 0.191 e. The van der Waals surface area contributed by atoms with Crippen LogP contribution in [0.2, 0.25) is 0 Å². The predicted octanol–water partition coefficient (Wildman–Crippen LogP) is 3.10. The van der Waals surface area contributed by atoms with Crippen LogP contribution in [0.25, 0.3) is 0 Å². The molecule has 0 spiro atoms. The zero-order valence-corrected chi connectivity index (χ0v) is 20.4. The molecule has 2 N–H and O–H groups in total. The lowest BCUT2D eigenvalue weighted by atomic mass is 10.1. The molecule has 164 valence electrons. The van der Waals surface area contributed by atoms with Crippen LogP contribution >= 0.6 is 24.0 Å². The van der Waals surface area contributed by atoms with Crippen molar-refractivity contribution in [2.24, 2.45) is 4.99 Å². The summed E-state index contributed by atoms with van der Waals surface area (Å²) in [5.41, 5.74) is 1.30. The van der Waals surface area contributed by atoms with Crippen LogP contribution in [0.1, 0.15) is 43.7 Å². The van der Waals surface area contributed by atoms with Crippen molar-refractivity contribution in [1.82, 2.24) is 20.4 Å². The fraction of sp³-hybridized carbons (Fsp3) is 0.682. The van der Waals surface area contributed by atoms with Crippen molar-refractivity contribution in [2.75, 3.05) is 60.0 Å². The van der Waals surface area contributed by atoms with E-state index in [-0.39, 0.29) is 24.0 Å². The van der Waals surface area contributed by atoms with E-state index in [4.69, 9.17) is 4.74 Å². The smallest absolute Gasteiger partial charge is 0.191 e. The first kappa shape index (κ1) is 24.2. The first-order valence-electron chi connectivity index (χ1n) is 10.8. The highest BCUT2D eigenvalue weighted by Gasteiger charge is 2.24. The molecule has 0 radical (unpaired) electrons. The van der Waals surface area contributed by atoms with Gasteiger partial charge in [-0.1, -0.05) is 18.6 Å². The van der Waals surface area contributed by atoms with Gasteiger partial charge in [0.2, 0.25) is 0 Å². The summed E-state index contributed by atoms with van der Waals surface area (Å²) in [5, 5.41) is 7.05. The Morgan fingerprint density at radius 2 is 1.79 bits per heavy atom.